The second-order valence-corrected chi connectivity index (χ2v) is 3.62. The minimum absolute atomic E-state index is 0.0609. The number of morpholine rings is 1. The number of amides is 1. The van der Waals surface area contributed by atoms with Gasteiger partial charge >= 0.3 is 0 Å². The molecule has 0 aromatic heterocycles. The Balaban J connectivity index is 2.02. The van der Waals surface area contributed by atoms with Crippen LogP contribution in [0, 0.1) is 0 Å². The molecule has 2 rings (SSSR count). The van der Waals surface area contributed by atoms with Gasteiger partial charge in [-0.05, 0) is 13.3 Å². The summed E-state index contributed by atoms with van der Waals surface area (Å²) in [6.45, 7) is 3.17. The van der Waals surface area contributed by atoms with Crippen molar-refractivity contribution in [2.24, 2.45) is 5.73 Å². The van der Waals surface area contributed by atoms with Crippen LogP contribution in [0.4, 0.5) is 0 Å². The first-order chi connectivity index (χ1) is 5.68. The van der Waals surface area contributed by atoms with Crippen molar-refractivity contribution >= 4 is 5.91 Å². The molecule has 0 saturated carbocycles. The lowest BCUT2D eigenvalue weighted by Gasteiger charge is -2.28. The summed E-state index contributed by atoms with van der Waals surface area (Å²) in [5.74, 6) is 0.0609. The molecular weight excluding hydrogens is 156 g/mol. The average molecular weight is 170 g/mol. The van der Waals surface area contributed by atoms with Crippen LogP contribution in [0.3, 0.4) is 0 Å². The van der Waals surface area contributed by atoms with E-state index >= 15 is 0 Å². The lowest BCUT2D eigenvalue weighted by molar-refractivity contribution is -0.136. The molecule has 68 valence electrons. The highest BCUT2D eigenvalue weighted by molar-refractivity contribution is 5.82. The lowest BCUT2D eigenvalue weighted by atomic mass is 10.2. The molecule has 0 radical (unpaired) electrons. The molecule has 0 spiro atoms. The molecule has 0 aliphatic carbocycles. The van der Waals surface area contributed by atoms with E-state index in [0.29, 0.717) is 12.6 Å². The molecule has 1 amide bonds. The van der Waals surface area contributed by atoms with Crippen LogP contribution in [-0.4, -0.2) is 42.1 Å². The Kier molecular flexibility index (Phi) is 1.81. The third kappa shape index (κ3) is 1.11. The van der Waals surface area contributed by atoms with Crippen molar-refractivity contribution in [3.05, 3.63) is 0 Å². The molecule has 2 saturated heterocycles. The highest BCUT2D eigenvalue weighted by Crippen LogP contribution is 2.27. The first-order valence-corrected chi connectivity index (χ1v) is 4.36. The molecule has 0 aromatic rings. The van der Waals surface area contributed by atoms with E-state index in [1.54, 1.807) is 6.92 Å². The number of nitrogens with two attached hydrogens (primary N) is 1. The minimum Gasteiger partial charge on any atom is -0.374 e. The molecule has 3 unspecified atom stereocenters. The van der Waals surface area contributed by atoms with Crippen molar-refractivity contribution in [3.63, 3.8) is 0 Å². The molecule has 2 fully saturated rings. The van der Waals surface area contributed by atoms with Gasteiger partial charge in [-0.1, -0.05) is 0 Å². The zero-order valence-corrected chi connectivity index (χ0v) is 7.19. The summed E-state index contributed by atoms with van der Waals surface area (Å²) in [5, 5.41) is 0. The maximum atomic E-state index is 11.5. The molecule has 4 heteroatoms. The normalized spacial score (nSPS) is 35.7. The number of carbonyl (C=O) groups excluding carboxylic acids is 1. The van der Waals surface area contributed by atoms with Crippen LogP contribution in [0.5, 0.6) is 0 Å². The second kappa shape index (κ2) is 2.71. The molecule has 2 aliphatic rings. The van der Waals surface area contributed by atoms with E-state index in [-0.39, 0.29) is 18.1 Å². The van der Waals surface area contributed by atoms with Gasteiger partial charge < -0.3 is 15.4 Å². The van der Waals surface area contributed by atoms with Crippen molar-refractivity contribution < 1.29 is 9.53 Å². The maximum Gasteiger partial charge on any atom is 0.239 e. The van der Waals surface area contributed by atoms with Gasteiger partial charge in [0.15, 0.2) is 0 Å². The second-order valence-electron chi connectivity index (χ2n) is 3.62. The van der Waals surface area contributed by atoms with Crippen LogP contribution in [0.15, 0.2) is 0 Å². The zero-order chi connectivity index (χ0) is 8.72. The van der Waals surface area contributed by atoms with Crippen molar-refractivity contribution in [2.75, 3.05) is 13.2 Å². The first-order valence-electron chi connectivity index (χ1n) is 4.36. The molecule has 12 heavy (non-hydrogen) atoms. The number of ether oxygens (including phenoxy) is 1. The number of hydrogen-bond donors (Lipinski definition) is 1. The van der Waals surface area contributed by atoms with Gasteiger partial charge in [0.05, 0.1) is 24.8 Å². The predicted molar refractivity (Wildman–Crippen MR) is 43.5 cm³/mol. The van der Waals surface area contributed by atoms with Gasteiger partial charge in [-0.15, -0.1) is 0 Å². The SMILES string of the molecule is CC(N)C(=O)N1CC2CC1CO2. The molecule has 2 N–H and O–H groups in total. The van der Waals surface area contributed by atoms with E-state index in [4.69, 9.17) is 10.5 Å². The highest BCUT2D eigenvalue weighted by Gasteiger charge is 2.41. The van der Waals surface area contributed by atoms with Gasteiger partial charge in [-0.2, -0.15) is 0 Å². The predicted octanol–water partition coefficient (Wildman–Crippen LogP) is -0.667. The minimum atomic E-state index is -0.371. The Bertz CT molecular complexity index is 205. The van der Waals surface area contributed by atoms with Crippen molar-refractivity contribution in [2.45, 2.75) is 31.5 Å². The summed E-state index contributed by atoms with van der Waals surface area (Å²) in [5.41, 5.74) is 5.52. The van der Waals surface area contributed by atoms with Gasteiger partial charge in [0.1, 0.15) is 0 Å². The Hall–Kier alpha value is -0.610. The lowest BCUT2D eigenvalue weighted by Crippen LogP contribution is -2.48. The topological polar surface area (TPSA) is 55.6 Å². The Morgan fingerprint density at radius 1 is 1.75 bits per heavy atom. The van der Waals surface area contributed by atoms with Gasteiger partial charge in [-0.3, -0.25) is 4.79 Å². The van der Waals surface area contributed by atoms with E-state index < -0.39 is 0 Å². The van der Waals surface area contributed by atoms with Crippen molar-refractivity contribution in [1.29, 1.82) is 0 Å². The fourth-order valence-electron chi connectivity index (χ4n) is 1.93. The smallest absolute Gasteiger partial charge is 0.239 e. The number of likely N-dealkylation sites (tertiary alicyclic amines) is 1. The van der Waals surface area contributed by atoms with Crippen LogP contribution in [0.1, 0.15) is 13.3 Å². The maximum absolute atomic E-state index is 11.5. The van der Waals surface area contributed by atoms with E-state index in [1.165, 1.54) is 0 Å². The summed E-state index contributed by atoms with van der Waals surface area (Å²) < 4.78 is 5.38. The Morgan fingerprint density at radius 3 is 2.92 bits per heavy atom. The van der Waals surface area contributed by atoms with Crippen LogP contribution in [0.2, 0.25) is 0 Å². The van der Waals surface area contributed by atoms with E-state index in [9.17, 15) is 4.79 Å². The number of nitrogens with zero attached hydrogens (tertiary/aromatic N) is 1. The molecule has 2 bridgehead atoms. The number of carbonyl (C=O) groups is 1. The fourth-order valence-corrected chi connectivity index (χ4v) is 1.93. The standard InChI is InChI=1S/C8H14N2O2/c1-5(9)8(11)10-3-7-2-6(10)4-12-7/h5-7H,2-4,9H2,1H3. The van der Waals surface area contributed by atoms with Gasteiger partial charge in [0.2, 0.25) is 5.91 Å². The van der Waals surface area contributed by atoms with Gasteiger partial charge in [-0.25, -0.2) is 0 Å². The summed E-state index contributed by atoms with van der Waals surface area (Å²) >= 11 is 0. The van der Waals surface area contributed by atoms with Crippen molar-refractivity contribution in [1.82, 2.24) is 4.90 Å². The summed E-state index contributed by atoms with van der Waals surface area (Å²) in [4.78, 5) is 13.3. The molecule has 2 aliphatic heterocycles. The van der Waals surface area contributed by atoms with E-state index in [2.05, 4.69) is 0 Å². The number of fused-ring (bicyclic) bond motifs is 2. The summed E-state index contributed by atoms with van der Waals surface area (Å²) in [6, 6.07) is -0.0714. The Morgan fingerprint density at radius 2 is 2.50 bits per heavy atom. The van der Waals surface area contributed by atoms with E-state index in [1.807, 2.05) is 4.90 Å². The van der Waals surface area contributed by atoms with Crippen LogP contribution in [0.25, 0.3) is 0 Å². The molecule has 2 heterocycles. The average Bonchev–Trinajstić information content (AvgIpc) is 2.62. The third-order valence-corrected chi connectivity index (χ3v) is 2.57. The number of hydrogen-bond acceptors (Lipinski definition) is 3. The van der Waals surface area contributed by atoms with Crippen molar-refractivity contribution in [3.8, 4) is 0 Å². The first kappa shape index (κ1) is 8.01. The fraction of sp³-hybridized carbons (Fsp3) is 0.875. The molecule has 4 nitrogen and oxygen atoms in total. The highest BCUT2D eigenvalue weighted by atomic mass is 16.5. The van der Waals surface area contributed by atoms with Crippen LogP contribution < -0.4 is 5.73 Å². The third-order valence-electron chi connectivity index (χ3n) is 2.57. The summed E-state index contributed by atoms with van der Waals surface area (Å²) in [6.07, 6.45) is 1.27. The van der Waals surface area contributed by atoms with Gasteiger partial charge in [0.25, 0.3) is 0 Å². The Labute approximate surface area is 71.7 Å². The monoisotopic (exact) mass is 170 g/mol. The van der Waals surface area contributed by atoms with E-state index in [0.717, 1.165) is 13.0 Å². The molecular formula is C8H14N2O2. The summed E-state index contributed by atoms with van der Waals surface area (Å²) in [7, 11) is 0. The molecule has 3 atom stereocenters. The quantitative estimate of drug-likeness (QED) is 0.568. The zero-order valence-electron chi connectivity index (χ0n) is 7.19. The molecule has 0 aromatic carbocycles. The van der Waals surface area contributed by atoms with Crippen LogP contribution in [-0.2, 0) is 9.53 Å². The number of rotatable bonds is 1. The largest absolute Gasteiger partial charge is 0.374 e. The van der Waals surface area contributed by atoms with Gasteiger partial charge in [0, 0.05) is 6.54 Å². The van der Waals surface area contributed by atoms with Crippen LogP contribution >= 0.6 is 0 Å².